The number of thiophene rings is 1. The van der Waals surface area contributed by atoms with Gasteiger partial charge in [0.1, 0.15) is 5.75 Å². The lowest BCUT2D eigenvalue weighted by Crippen LogP contribution is -2.25. The van der Waals surface area contributed by atoms with E-state index in [1.165, 1.54) is 4.88 Å². The molecule has 0 saturated heterocycles. The Morgan fingerprint density at radius 3 is 2.94 bits per heavy atom. The molecular weight excluding hydrogens is 312 g/mol. The van der Waals surface area contributed by atoms with Crippen molar-refractivity contribution in [1.29, 1.82) is 0 Å². The lowest BCUT2D eigenvalue weighted by molar-refractivity contribution is 0.472. The van der Waals surface area contributed by atoms with Crippen LogP contribution in [0.4, 0.5) is 0 Å². The SMILES string of the molecule is Oc1ccc(Br)cc1C1=CC(c2cccs2)NN1. The van der Waals surface area contributed by atoms with Crippen LogP contribution in [0.25, 0.3) is 5.70 Å². The first-order valence-electron chi connectivity index (χ1n) is 5.50. The molecule has 1 aromatic carbocycles. The highest BCUT2D eigenvalue weighted by molar-refractivity contribution is 9.10. The lowest BCUT2D eigenvalue weighted by Gasteiger charge is -2.07. The number of phenols is 1. The Labute approximate surface area is 117 Å². The maximum atomic E-state index is 9.89. The number of hydrogen-bond donors (Lipinski definition) is 3. The summed E-state index contributed by atoms with van der Waals surface area (Å²) in [6.45, 7) is 0. The van der Waals surface area contributed by atoms with Crippen LogP contribution in [-0.2, 0) is 0 Å². The molecule has 0 saturated carbocycles. The molecule has 1 unspecified atom stereocenters. The number of nitrogens with one attached hydrogen (secondary N) is 2. The molecule has 92 valence electrons. The van der Waals surface area contributed by atoms with Crippen LogP contribution in [0.2, 0.25) is 0 Å². The number of hydrazine groups is 1. The maximum Gasteiger partial charge on any atom is 0.124 e. The Bertz CT molecular complexity index is 595. The topological polar surface area (TPSA) is 44.3 Å². The molecule has 3 N–H and O–H groups in total. The minimum atomic E-state index is 0.151. The molecule has 18 heavy (non-hydrogen) atoms. The summed E-state index contributed by atoms with van der Waals surface area (Å²) < 4.78 is 0.942. The van der Waals surface area contributed by atoms with E-state index in [1.54, 1.807) is 17.4 Å². The van der Waals surface area contributed by atoms with Crippen molar-refractivity contribution in [2.45, 2.75) is 6.04 Å². The summed E-state index contributed by atoms with van der Waals surface area (Å²) in [4.78, 5) is 1.24. The molecule has 0 spiro atoms. The number of hydrogen-bond acceptors (Lipinski definition) is 4. The zero-order valence-corrected chi connectivity index (χ0v) is 11.8. The van der Waals surface area contributed by atoms with Crippen LogP contribution < -0.4 is 10.9 Å². The lowest BCUT2D eigenvalue weighted by atomic mass is 10.1. The van der Waals surface area contributed by atoms with Crippen molar-refractivity contribution in [2.75, 3.05) is 0 Å². The van der Waals surface area contributed by atoms with E-state index in [0.29, 0.717) is 0 Å². The number of rotatable bonds is 2. The highest BCUT2D eigenvalue weighted by Crippen LogP contribution is 2.32. The van der Waals surface area contributed by atoms with Crippen LogP contribution in [-0.4, -0.2) is 5.11 Å². The Morgan fingerprint density at radius 2 is 2.17 bits per heavy atom. The van der Waals surface area contributed by atoms with Crippen LogP contribution in [0.3, 0.4) is 0 Å². The summed E-state index contributed by atoms with van der Waals surface area (Å²) in [5, 5.41) is 11.9. The molecule has 0 radical (unpaired) electrons. The minimum Gasteiger partial charge on any atom is -0.507 e. The van der Waals surface area contributed by atoms with Gasteiger partial charge in [-0.25, -0.2) is 5.43 Å². The van der Waals surface area contributed by atoms with Crippen molar-refractivity contribution in [3.63, 3.8) is 0 Å². The van der Waals surface area contributed by atoms with Crippen molar-refractivity contribution < 1.29 is 5.11 Å². The smallest absolute Gasteiger partial charge is 0.124 e. The molecule has 0 aliphatic carbocycles. The normalized spacial score (nSPS) is 18.5. The molecule has 3 rings (SSSR count). The van der Waals surface area contributed by atoms with E-state index in [-0.39, 0.29) is 11.8 Å². The van der Waals surface area contributed by atoms with Gasteiger partial charge in [-0.2, -0.15) is 0 Å². The summed E-state index contributed by atoms with van der Waals surface area (Å²) in [7, 11) is 0. The molecule has 0 bridgehead atoms. The average Bonchev–Trinajstić information content (AvgIpc) is 3.00. The van der Waals surface area contributed by atoms with Gasteiger partial charge in [0.2, 0.25) is 0 Å². The van der Waals surface area contributed by atoms with Gasteiger partial charge in [0.15, 0.2) is 0 Å². The zero-order chi connectivity index (χ0) is 12.5. The van der Waals surface area contributed by atoms with Gasteiger partial charge in [0.05, 0.1) is 11.7 Å². The van der Waals surface area contributed by atoms with Gasteiger partial charge in [-0.15, -0.1) is 11.3 Å². The van der Waals surface area contributed by atoms with Gasteiger partial charge in [-0.3, -0.25) is 0 Å². The Morgan fingerprint density at radius 1 is 1.28 bits per heavy atom. The van der Waals surface area contributed by atoms with Gasteiger partial charge >= 0.3 is 0 Å². The van der Waals surface area contributed by atoms with E-state index in [4.69, 9.17) is 0 Å². The summed E-state index contributed by atoms with van der Waals surface area (Å²) in [6.07, 6.45) is 2.08. The minimum absolute atomic E-state index is 0.151. The first kappa shape index (κ1) is 11.8. The molecule has 0 amide bonds. The van der Waals surface area contributed by atoms with Crippen LogP contribution in [0.5, 0.6) is 5.75 Å². The van der Waals surface area contributed by atoms with E-state index in [1.807, 2.05) is 18.2 Å². The van der Waals surface area contributed by atoms with Gasteiger partial charge in [0, 0.05) is 14.9 Å². The summed E-state index contributed by atoms with van der Waals surface area (Å²) in [5.41, 5.74) is 8.00. The highest BCUT2D eigenvalue weighted by atomic mass is 79.9. The molecule has 1 aromatic heterocycles. The summed E-state index contributed by atoms with van der Waals surface area (Å²) >= 11 is 5.12. The van der Waals surface area contributed by atoms with Crippen LogP contribution >= 0.6 is 27.3 Å². The van der Waals surface area contributed by atoms with Crippen molar-refractivity contribution in [2.24, 2.45) is 0 Å². The fourth-order valence-corrected chi connectivity index (χ4v) is 3.01. The second-order valence-corrected chi connectivity index (χ2v) is 5.90. The van der Waals surface area contributed by atoms with E-state index in [0.717, 1.165) is 15.7 Å². The van der Waals surface area contributed by atoms with Crippen molar-refractivity contribution in [3.05, 3.63) is 56.7 Å². The molecular formula is C13H11BrN2OS. The number of phenolic OH excluding ortho intramolecular Hbond substituents is 1. The van der Waals surface area contributed by atoms with Gasteiger partial charge in [0.25, 0.3) is 0 Å². The third-order valence-electron chi connectivity index (χ3n) is 2.79. The van der Waals surface area contributed by atoms with Gasteiger partial charge < -0.3 is 10.5 Å². The third-order valence-corrected chi connectivity index (χ3v) is 4.24. The van der Waals surface area contributed by atoms with E-state index < -0.39 is 0 Å². The van der Waals surface area contributed by atoms with Gasteiger partial charge in [-0.05, 0) is 35.7 Å². The van der Waals surface area contributed by atoms with Crippen LogP contribution in [0.1, 0.15) is 16.5 Å². The van der Waals surface area contributed by atoms with Crippen molar-refractivity contribution >= 4 is 33.0 Å². The largest absolute Gasteiger partial charge is 0.507 e. The molecule has 3 nitrogen and oxygen atoms in total. The summed E-state index contributed by atoms with van der Waals surface area (Å²) in [6, 6.07) is 9.67. The van der Waals surface area contributed by atoms with E-state index in [9.17, 15) is 5.11 Å². The summed E-state index contributed by atoms with van der Waals surface area (Å²) in [5.74, 6) is 0.269. The first-order valence-corrected chi connectivity index (χ1v) is 7.17. The van der Waals surface area contributed by atoms with Crippen molar-refractivity contribution in [1.82, 2.24) is 10.9 Å². The van der Waals surface area contributed by atoms with E-state index >= 15 is 0 Å². The van der Waals surface area contributed by atoms with Crippen LogP contribution in [0.15, 0.2) is 46.3 Å². The van der Waals surface area contributed by atoms with E-state index in [2.05, 4.69) is 44.3 Å². The fraction of sp³-hybridized carbons (Fsp3) is 0.0769. The van der Waals surface area contributed by atoms with Crippen LogP contribution in [0, 0.1) is 0 Å². The number of halogens is 1. The molecule has 2 heterocycles. The highest BCUT2D eigenvalue weighted by Gasteiger charge is 2.19. The molecule has 1 aliphatic rings. The maximum absolute atomic E-state index is 9.89. The zero-order valence-electron chi connectivity index (χ0n) is 9.35. The second kappa shape index (κ2) is 4.76. The Kier molecular flexibility index (Phi) is 3.11. The molecule has 2 aromatic rings. The quantitative estimate of drug-likeness (QED) is 0.794. The third kappa shape index (κ3) is 2.16. The fourth-order valence-electron chi connectivity index (χ4n) is 1.91. The monoisotopic (exact) mass is 322 g/mol. The van der Waals surface area contributed by atoms with Gasteiger partial charge in [-0.1, -0.05) is 22.0 Å². The first-order chi connectivity index (χ1) is 8.74. The number of benzene rings is 1. The second-order valence-electron chi connectivity index (χ2n) is 4.00. The molecule has 5 heteroatoms. The Balaban J connectivity index is 1.94. The average molecular weight is 323 g/mol. The number of aromatic hydroxyl groups is 1. The van der Waals surface area contributed by atoms with Crippen molar-refractivity contribution in [3.8, 4) is 5.75 Å². The Hall–Kier alpha value is -1.30. The molecule has 1 aliphatic heterocycles. The molecule has 1 atom stereocenters. The predicted molar refractivity (Wildman–Crippen MR) is 77.1 cm³/mol. The standard InChI is InChI=1S/C13H11BrN2OS/c14-8-3-4-12(17)9(6-8)10-7-11(16-15-10)13-2-1-5-18-13/h1-7,11,15-17H. The molecule has 0 fully saturated rings. The predicted octanol–water partition coefficient (Wildman–Crippen LogP) is 3.41.